The summed E-state index contributed by atoms with van der Waals surface area (Å²) in [5.41, 5.74) is 1.19. The van der Waals surface area contributed by atoms with Crippen LogP contribution in [0.1, 0.15) is 16.4 Å². The van der Waals surface area contributed by atoms with Crippen molar-refractivity contribution in [2.45, 2.75) is 22.0 Å². The number of nitrogens with zero attached hydrogens (tertiary/aromatic N) is 1. The molecule has 5 nitrogen and oxygen atoms in total. The lowest BCUT2D eigenvalue weighted by atomic mass is 10.1. The minimum Gasteiger partial charge on any atom is -0.263 e. The van der Waals surface area contributed by atoms with E-state index in [2.05, 4.69) is 4.98 Å². The Bertz CT molecular complexity index is 903. The Hall–Kier alpha value is -1.73. The standard InChI is InChI=1S/C14H13NO4S2/c1-10-4-5-13-12(7-10)14(9-20(13,16)17)21(18,19)11-3-2-6-15-8-11/h2-8,14H,9H2,1H3. The highest BCUT2D eigenvalue weighted by Gasteiger charge is 2.42. The molecular weight excluding hydrogens is 310 g/mol. The molecule has 1 aliphatic heterocycles. The van der Waals surface area contributed by atoms with Crippen LogP contribution in [0.15, 0.2) is 52.5 Å². The van der Waals surface area contributed by atoms with Gasteiger partial charge in [0.15, 0.2) is 19.7 Å². The van der Waals surface area contributed by atoms with Crippen molar-refractivity contribution in [2.75, 3.05) is 5.75 Å². The number of aromatic nitrogens is 1. The van der Waals surface area contributed by atoms with Crippen molar-refractivity contribution >= 4 is 19.7 Å². The number of pyridine rings is 1. The van der Waals surface area contributed by atoms with E-state index < -0.39 is 30.7 Å². The Labute approximate surface area is 123 Å². The van der Waals surface area contributed by atoms with E-state index in [1.807, 2.05) is 0 Å². The molecule has 0 N–H and O–H groups in total. The minimum absolute atomic E-state index is 0.0413. The first-order chi connectivity index (χ1) is 9.82. The molecule has 1 aromatic heterocycles. The minimum atomic E-state index is -3.78. The maximum absolute atomic E-state index is 12.7. The number of hydrogen-bond donors (Lipinski definition) is 0. The van der Waals surface area contributed by atoms with E-state index in [1.54, 1.807) is 19.1 Å². The molecule has 1 aromatic carbocycles. The number of hydrogen-bond acceptors (Lipinski definition) is 5. The summed E-state index contributed by atoms with van der Waals surface area (Å²) in [6.07, 6.45) is 2.72. The van der Waals surface area contributed by atoms with Crippen LogP contribution in [0.5, 0.6) is 0 Å². The third kappa shape index (κ3) is 2.26. The maximum atomic E-state index is 12.7. The summed E-state index contributed by atoms with van der Waals surface area (Å²) in [5, 5.41) is -1.07. The topological polar surface area (TPSA) is 81.2 Å². The summed E-state index contributed by atoms with van der Waals surface area (Å²) >= 11 is 0. The summed E-state index contributed by atoms with van der Waals surface area (Å²) in [6, 6.07) is 7.75. The fraction of sp³-hybridized carbons (Fsp3) is 0.214. The molecule has 1 atom stereocenters. The Morgan fingerprint density at radius 3 is 2.67 bits per heavy atom. The second kappa shape index (κ2) is 4.64. The summed E-state index contributed by atoms with van der Waals surface area (Å²) < 4.78 is 49.7. The van der Waals surface area contributed by atoms with E-state index >= 15 is 0 Å². The smallest absolute Gasteiger partial charge is 0.187 e. The van der Waals surface area contributed by atoms with Crippen molar-refractivity contribution in [2.24, 2.45) is 0 Å². The van der Waals surface area contributed by atoms with Crippen LogP contribution in [0.2, 0.25) is 0 Å². The molecule has 0 amide bonds. The Morgan fingerprint density at radius 2 is 2.00 bits per heavy atom. The van der Waals surface area contributed by atoms with E-state index in [1.165, 1.54) is 30.6 Å². The van der Waals surface area contributed by atoms with E-state index in [4.69, 9.17) is 0 Å². The van der Waals surface area contributed by atoms with Gasteiger partial charge < -0.3 is 0 Å². The highest BCUT2D eigenvalue weighted by atomic mass is 32.2. The lowest BCUT2D eigenvalue weighted by Crippen LogP contribution is -2.16. The van der Waals surface area contributed by atoms with Gasteiger partial charge in [-0.05, 0) is 30.7 Å². The zero-order valence-corrected chi connectivity index (χ0v) is 12.9. The van der Waals surface area contributed by atoms with Crippen LogP contribution >= 0.6 is 0 Å². The van der Waals surface area contributed by atoms with Gasteiger partial charge in [0.05, 0.1) is 15.5 Å². The highest BCUT2D eigenvalue weighted by Crippen LogP contribution is 2.41. The van der Waals surface area contributed by atoms with Gasteiger partial charge in [-0.25, -0.2) is 16.8 Å². The number of benzene rings is 1. The average Bonchev–Trinajstić information content (AvgIpc) is 2.71. The summed E-state index contributed by atoms with van der Waals surface area (Å²) in [6.45, 7) is 1.80. The Morgan fingerprint density at radius 1 is 1.24 bits per heavy atom. The molecule has 1 aliphatic rings. The molecule has 21 heavy (non-hydrogen) atoms. The van der Waals surface area contributed by atoms with Crippen LogP contribution in [-0.2, 0) is 19.7 Å². The van der Waals surface area contributed by atoms with E-state index in [-0.39, 0.29) is 9.79 Å². The number of rotatable bonds is 2. The predicted molar refractivity (Wildman–Crippen MR) is 77.4 cm³/mol. The van der Waals surface area contributed by atoms with Crippen LogP contribution < -0.4 is 0 Å². The van der Waals surface area contributed by atoms with Gasteiger partial charge >= 0.3 is 0 Å². The predicted octanol–water partition coefficient (Wildman–Crippen LogP) is 1.69. The lowest BCUT2D eigenvalue weighted by molar-refractivity contribution is 0.582. The molecule has 0 fully saturated rings. The highest BCUT2D eigenvalue weighted by molar-refractivity contribution is 7.96. The Kier molecular flexibility index (Phi) is 3.14. The zero-order valence-electron chi connectivity index (χ0n) is 11.2. The van der Waals surface area contributed by atoms with Crippen LogP contribution in [-0.4, -0.2) is 27.6 Å². The molecule has 0 spiro atoms. The normalized spacial score (nSPS) is 20.1. The van der Waals surface area contributed by atoms with Crippen molar-refractivity contribution in [3.63, 3.8) is 0 Å². The maximum Gasteiger partial charge on any atom is 0.187 e. The molecule has 7 heteroatoms. The second-order valence-corrected chi connectivity index (χ2v) is 9.18. The van der Waals surface area contributed by atoms with Crippen LogP contribution in [0, 0.1) is 6.92 Å². The molecule has 2 heterocycles. The quantitative estimate of drug-likeness (QED) is 0.840. The second-order valence-electron chi connectivity index (χ2n) is 5.05. The fourth-order valence-corrected chi connectivity index (χ4v) is 6.77. The van der Waals surface area contributed by atoms with E-state index in [9.17, 15) is 16.8 Å². The molecule has 3 rings (SSSR count). The van der Waals surface area contributed by atoms with Crippen molar-refractivity contribution in [3.05, 3.63) is 53.9 Å². The summed E-state index contributed by atoms with van der Waals surface area (Å²) in [7, 11) is -7.34. The number of aryl methyl sites for hydroxylation is 1. The van der Waals surface area contributed by atoms with Crippen molar-refractivity contribution in [1.29, 1.82) is 0 Å². The number of fused-ring (bicyclic) bond motifs is 1. The molecular formula is C14H13NO4S2. The Balaban J connectivity index is 2.21. The van der Waals surface area contributed by atoms with Gasteiger partial charge in [0.2, 0.25) is 0 Å². The third-order valence-corrected chi connectivity index (χ3v) is 7.65. The fourth-order valence-electron chi connectivity index (χ4n) is 2.52. The SMILES string of the molecule is Cc1ccc2c(c1)C(S(=O)(=O)c1cccnc1)CS2(=O)=O. The first-order valence-electron chi connectivity index (χ1n) is 6.29. The summed E-state index contributed by atoms with van der Waals surface area (Å²) in [5.74, 6) is -0.414. The van der Waals surface area contributed by atoms with Gasteiger partial charge in [-0.1, -0.05) is 17.7 Å². The molecule has 0 radical (unpaired) electrons. The molecule has 1 unspecified atom stereocenters. The van der Waals surface area contributed by atoms with E-state index in [0.29, 0.717) is 5.56 Å². The first kappa shape index (κ1) is 14.2. The monoisotopic (exact) mass is 323 g/mol. The van der Waals surface area contributed by atoms with Gasteiger partial charge in [-0.3, -0.25) is 4.98 Å². The van der Waals surface area contributed by atoms with Gasteiger partial charge in [-0.15, -0.1) is 0 Å². The number of sulfone groups is 2. The van der Waals surface area contributed by atoms with Gasteiger partial charge in [-0.2, -0.15) is 0 Å². The van der Waals surface area contributed by atoms with Crippen molar-refractivity contribution in [1.82, 2.24) is 4.98 Å². The van der Waals surface area contributed by atoms with Crippen molar-refractivity contribution in [3.8, 4) is 0 Å². The molecule has 110 valence electrons. The van der Waals surface area contributed by atoms with E-state index in [0.717, 1.165) is 5.56 Å². The van der Waals surface area contributed by atoms with Crippen LogP contribution in [0.3, 0.4) is 0 Å². The first-order valence-corrected chi connectivity index (χ1v) is 9.49. The van der Waals surface area contributed by atoms with Crippen molar-refractivity contribution < 1.29 is 16.8 Å². The summed E-state index contributed by atoms with van der Waals surface area (Å²) in [4.78, 5) is 3.96. The lowest BCUT2D eigenvalue weighted by Gasteiger charge is -2.11. The molecule has 0 bridgehead atoms. The van der Waals surface area contributed by atoms with Crippen LogP contribution in [0.4, 0.5) is 0 Å². The molecule has 0 saturated carbocycles. The van der Waals surface area contributed by atoms with Gasteiger partial charge in [0.1, 0.15) is 5.25 Å². The third-order valence-electron chi connectivity index (χ3n) is 3.56. The van der Waals surface area contributed by atoms with Gasteiger partial charge in [0, 0.05) is 12.4 Å². The average molecular weight is 323 g/mol. The largest absolute Gasteiger partial charge is 0.263 e. The molecule has 0 saturated heterocycles. The zero-order chi connectivity index (χ0) is 15.3. The molecule has 2 aromatic rings. The molecule has 0 aliphatic carbocycles. The van der Waals surface area contributed by atoms with Gasteiger partial charge in [0.25, 0.3) is 0 Å². The van der Waals surface area contributed by atoms with Crippen LogP contribution in [0.25, 0.3) is 0 Å².